The number of benzene rings is 2. The third kappa shape index (κ3) is 5.45. The molecule has 0 fully saturated rings. The summed E-state index contributed by atoms with van der Waals surface area (Å²) in [4.78, 5) is 4.36. The maximum absolute atomic E-state index is 5.99. The summed E-state index contributed by atoms with van der Waals surface area (Å²) in [6.45, 7) is 5.09. The minimum Gasteiger partial charge on any atom is -0.494 e. The number of nitrogen functional groups attached to an aromatic ring is 1. The first-order chi connectivity index (χ1) is 11.0. The number of ether oxygens (including phenoxy) is 1. The van der Waals surface area contributed by atoms with Crippen LogP contribution in [0.25, 0.3) is 0 Å². The van der Waals surface area contributed by atoms with E-state index in [0.29, 0.717) is 27.3 Å². The number of aliphatic imine (C=N–C) groups is 1. The van der Waals surface area contributed by atoms with Gasteiger partial charge < -0.3 is 10.5 Å². The van der Waals surface area contributed by atoms with Gasteiger partial charge >= 0.3 is 0 Å². The zero-order valence-corrected chi connectivity index (χ0v) is 14.7. The molecule has 0 amide bonds. The first-order valence-electron chi connectivity index (χ1n) is 7.47. The predicted molar refractivity (Wildman–Crippen MR) is 99.5 cm³/mol. The van der Waals surface area contributed by atoms with Crippen molar-refractivity contribution in [2.75, 3.05) is 12.3 Å². The number of halogens is 2. The van der Waals surface area contributed by atoms with Gasteiger partial charge in [0.15, 0.2) is 0 Å². The highest BCUT2D eigenvalue weighted by Crippen LogP contribution is 2.32. The van der Waals surface area contributed by atoms with E-state index < -0.39 is 0 Å². The average Bonchev–Trinajstić information content (AvgIpc) is 2.51. The van der Waals surface area contributed by atoms with E-state index in [1.807, 2.05) is 24.3 Å². The molecular weight excluding hydrogens is 331 g/mol. The molecule has 2 N–H and O–H groups in total. The third-order valence-corrected chi connectivity index (χ3v) is 3.90. The van der Waals surface area contributed by atoms with E-state index >= 15 is 0 Å². The van der Waals surface area contributed by atoms with Gasteiger partial charge in [-0.05, 0) is 54.3 Å². The van der Waals surface area contributed by atoms with Crippen LogP contribution in [0.15, 0.2) is 41.4 Å². The van der Waals surface area contributed by atoms with Crippen molar-refractivity contribution in [2.24, 2.45) is 10.9 Å². The topological polar surface area (TPSA) is 47.6 Å². The van der Waals surface area contributed by atoms with Gasteiger partial charge in [0, 0.05) is 6.21 Å². The summed E-state index contributed by atoms with van der Waals surface area (Å²) in [7, 11) is 0. The van der Waals surface area contributed by atoms with E-state index in [-0.39, 0.29) is 0 Å². The highest BCUT2D eigenvalue weighted by Gasteiger charge is 2.03. The lowest BCUT2D eigenvalue weighted by molar-refractivity contribution is 0.289. The van der Waals surface area contributed by atoms with Gasteiger partial charge in [0.2, 0.25) is 0 Å². The molecule has 0 aliphatic carbocycles. The van der Waals surface area contributed by atoms with Gasteiger partial charge in [-0.15, -0.1) is 0 Å². The maximum atomic E-state index is 5.99. The zero-order valence-electron chi connectivity index (χ0n) is 13.2. The van der Waals surface area contributed by atoms with Gasteiger partial charge in [-0.25, -0.2) is 0 Å². The lowest BCUT2D eigenvalue weighted by Crippen LogP contribution is -2.01. The number of hydrogen-bond donors (Lipinski definition) is 1. The summed E-state index contributed by atoms with van der Waals surface area (Å²) in [5.74, 6) is 1.50. The van der Waals surface area contributed by atoms with Crippen LogP contribution in [-0.4, -0.2) is 12.8 Å². The number of anilines is 1. The molecule has 0 unspecified atom stereocenters. The molecule has 0 radical (unpaired) electrons. The quantitative estimate of drug-likeness (QED) is 0.532. The second kappa shape index (κ2) is 8.23. The van der Waals surface area contributed by atoms with Crippen molar-refractivity contribution < 1.29 is 4.74 Å². The lowest BCUT2D eigenvalue weighted by atomic mass is 10.1. The van der Waals surface area contributed by atoms with Crippen molar-refractivity contribution in [2.45, 2.75) is 20.3 Å². The standard InChI is InChI=1S/C18H20Cl2N2O/c1-12(2)7-8-23-15-5-3-13(4-6-15)11-22-14-9-16(19)18(21)17(20)10-14/h3-6,9-12H,7-8,21H2,1-2H3. The first kappa shape index (κ1) is 17.6. The Morgan fingerprint density at radius 1 is 1.13 bits per heavy atom. The summed E-state index contributed by atoms with van der Waals surface area (Å²) < 4.78 is 5.69. The molecule has 0 atom stereocenters. The Kier molecular flexibility index (Phi) is 6.31. The minimum absolute atomic E-state index is 0.371. The molecule has 2 rings (SSSR count). The normalized spacial score (nSPS) is 11.3. The SMILES string of the molecule is CC(C)CCOc1ccc(C=Nc2cc(Cl)c(N)c(Cl)c2)cc1. The summed E-state index contributed by atoms with van der Waals surface area (Å²) in [5.41, 5.74) is 7.70. The van der Waals surface area contributed by atoms with Crippen LogP contribution in [0.1, 0.15) is 25.8 Å². The highest BCUT2D eigenvalue weighted by atomic mass is 35.5. The Balaban J connectivity index is 2.00. The van der Waals surface area contributed by atoms with Gasteiger partial charge in [-0.3, -0.25) is 4.99 Å². The fourth-order valence-corrected chi connectivity index (χ4v) is 2.33. The maximum Gasteiger partial charge on any atom is 0.119 e. The lowest BCUT2D eigenvalue weighted by Gasteiger charge is -2.08. The molecule has 0 aliphatic rings. The molecule has 0 aliphatic heterocycles. The molecule has 0 aromatic heterocycles. The van der Waals surface area contributed by atoms with Crippen LogP contribution < -0.4 is 10.5 Å². The first-order valence-corrected chi connectivity index (χ1v) is 8.22. The van der Waals surface area contributed by atoms with Crippen LogP contribution in [-0.2, 0) is 0 Å². The largest absolute Gasteiger partial charge is 0.494 e. The van der Waals surface area contributed by atoms with Crippen molar-refractivity contribution >= 4 is 40.8 Å². The van der Waals surface area contributed by atoms with Crippen molar-refractivity contribution in [1.82, 2.24) is 0 Å². The molecule has 0 spiro atoms. The molecule has 0 saturated carbocycles. The minimum atomic E-state index is 0.371. The third-order valence-electron chi connectivity index (χ3n) is 3.27. The summed E-state index contributed by atoms with van der Waals surface area (Å²) >= 11 is 12.0. The van der Waals surface area contributed by atoms with Crippen LogP contribution in [0.2, 0.25) is 10.0 Å². The second-order valence-corrected chi connectivity index (χ2v) is 6.50. The summed E-state index contributed by atoms with van der Waals surface area (Å²) in [6, 6.07) is 11.1. The molecule has 0 heterocycles. The second-order valence-electron chi connectivity index (χ2n) is 5.68. The van der Waals surface area contributed by atoms with Crippen LogP contribution in [0.5, 0.6) is 5.75 Å². The van der Waals surface area contributed by atoms with Gasteiger partial charge in [0.25, 0.3) is 0 Å². The van der Waals surface area contributed by atoms with Gasteiger partial charge in [-0.2, -0.15) is 0 Å². The number of rotatable bonds is 6. The van der Waals surface area contributed by atoms with Gasteiger partial charge in [0.1, 0.15) is 5.75 Å². The Morgan fingerprint density at radius 3 is 2.30 bits per heavy atom. The van der Waals surface area contributed by atoms with Crippen LogP contribution >= 0.6 is 23.2 Å². The molecule has 2 aromatic carbocycles. The monoisotopic (exact) mass is 350 g/mol. The van der Waals surface area contributed by atoms with Crippen LogP contribution in [0.3, 0.4) is 0 Å². The smallest absolute Gasteiger partial charge is 0.119 e. The van der Waals surface area contributed by atoms with Crippen molar-refractivity contribution in [3.63, 3.8) is 0 Å². The Labute approximate surface area is 147 Å². The summed E-state index contributed by atoms with van der Waals surface area (Å²) in [5, 5.41) is 0.803. The van der Waals surface area contributed by atoms with E-state index in [9.17, 15) is 0 Å². The molecule has 122 valence electrons. The van der Waals surface area contributed by atoms with Crippen LogP contribution in [0, 0.1) is 5.92 Å². The van der Waals surface area contributed by atoms with E-state index in [1.165, 1.54) is 0 Å². The molecule has 5 heteroatoms. The predicted octanol–water partition coefficient (Wildman–Crippen LogP) is 5.75. The van der Waals surface area contributed by atoms with Gasteiger partial charge in [-0.1, -0.05) is 37.0 Å². The summed E-state index contributed by atoms with van der Waals surface area (Å²) in [6.07, 6.45) is 2.79. The van der Waals surface area contributed by atoms with E-state index in [2.05, 4.69) is 18.8 Å². The van der Waals surface area contributed by atoms with E-state index in [4.69, 9.17) is 33.7 Å². The molecule has 2 aromatic rings. The van der Waals surface area contributed by atoms with Crippen molar-refractivity contribution in [3.8, 4) is 5.75 Å². The molecule has 0 saturated heterocycles. The highest BCUT2D eigenvalue weighted by molar-refractivity contribution is 6.39. The Morgan fingerprint density at radius 2 is 1.74 bits per heavy atom. The Hall–Kier alpha value is -1.71. The molecular formula is C18H20Cl2N2O. The fourth-order valence-electron chi connectivity index (χ4n) is 1.86. The number of hydrogen-bond acceptors (Lipinski definition) is 3. The van der Waals surface area contributed by atoms with Crippen molar-refractivity contribution in [1.29, 1.82) is 0 Å². The van der Waals surface area contributed by atoms with Crippen molar-refractivity contribution in [3.05, 3.63) is 52.0 Å². The van der Waals surface area contributed by atoms with E-state index in [1.54, 1.807) is 18.3 Å². The van der Waals surface area contributed by atoms with Crippen LogP contribution in [0.4, 0.5) is 11.4 Å². The van der Waals surface area contributed by atoms with Gasteiger partial charge in [0.05, 0.1) is 28.0 Å². The van der Waals surface area contributed by atoms with E-state index in [0.717, 1.165) is 24.3 Å². The number of nitrogens with zero attached hydrogens (tertiary/aromatic N) is 1. The molecule has 0 bridgehead atoms. The fraction of sp³-hybridized carbons (Fsp3) is 0.278. The molecule has 3 nitrogen and oxygen atoms in total. The average molecular weight is 351 g/mol. The zero-order chi connectivity index (χ0) is 16.8. The number of nitrogens with two attached hydrogens (primary N) is 1. The Bertz CT molecular complexity index is 659. The molecule has 23 heavy (non-hydrogen) atoms.